The van der Waals surface area contributed by atoms with Crippen molar-refractivity contribution in [2.24, 2.45) is 5.10 Å². The highest BCUT2D eigenvalue weighted by atomic mass is 79.9. The van der Waals surface area contributed by atoms with Crippen LogP contribution in [-0.4, -0.2) is 22.2 Å². The van der Waals surface area contributed by atoms with E-state index in [2.05, 4.69) is 31.4 Å². The zero-order valence-corrected chi connectivity index (χ0v) is 16.3. The Morgan fingerprint density at radius 1 is 1.04 bits per heavy atom. The van der Waals surface area contributed by atoms with Crippen molar-refractivity contribution in [3.8, 4) is 16.9 Å². The van der Waals surface area contributed by atoms with Gasteiger partial charge in [-0.2, -0.15) is 5.10 Å². The van der Waals surface area contributed by atoms with E-state index in [1.807, 2.05) is 48.5 Å². The van der Waals surface area contributed by atoms with Gasteiger partial charge in [0.25, 0.3) is 5.91 Å². The molecule has 3 aromatic carbocycles. The van der Waals surface area contributed by atoms with Crippen LogP contribution in [0.25, 0.3) is 22.0 Å². The van der Waals surface area contributed by atoms with E-state index in [-0.39, 0.29) is 11.7 Å². The Morgan fingerprint density at radius 2 is 1.86 bits per heavy atom. The Hall–Kier alpha value is -3.38. The van der Waals surface area contributed by atoms with E-state index in [1.54, 1.807) is 24.3 Å². The molecule has 0 atom stereocenters. The lowest BCUT2D eigenvalue weighted by Crippen LogP contribution is -2.18. The molecule has 1 heterocycles. The van der Waals surface area contributed by atoms with E-state index in [1.165, 1.54) is 6.21 Å². The third kappa shape index (κ3) is 3.68. The summed E-state index contributed by atoms with van der Waals surface area (Å²) in [6.45, 7) is 0. The fraction of sp³-hybridized carbons (Fsp3) is 0. The molecule has 5 nitrogen and oxygen atoms in total. The number of aromatic hydroxyl groups is 1. The second-order valence-electron chi connectivity index (χ2n) is 6.23. The molecule has 0 aliphatic rings. The van der Waals surface area contributed by atoms with Gasteiger partial charge in [0, 0.05) is 20.9 Å². The molecule has 0 saturated carbocycles. The minimum atomic E-state index is -0.345. The number of fused-ring (bicyclic) bond motifs is 1. The number of benzene rings is 3. The number of hydrogen-bond acceptors (Lipinski definition) is 3. The summed E-state index contributed by atoms with van der Waals surface area (Å²) in [6, 6.07) is 22.2. The molecule has 28 heavy (non-hydrogen) atoms. The van der Waals surface area contributed by atoms with Crippen LogP contribution in [0, 0.1) is 0 Å². The van der Waals surface area contributed by atoms with Crippen molar-refractivity contribution in [2.45, 2.75) is 0 Å². The standard InChI is InChI=1S/C22H16BrN3O2/c23-16-9-10-19-18(12-16)20(15-6-2-1-3-7-15)21(25-19)22(28)26-24-13-14-5-4-8-17(27)11-14/h1-13,25,27H,(H,26,28)/b24-13+. The Kier molecular flexibility index (Phi) is 4.95. The highest BCUT2D eigenvalue weighted by Gasteiger charge is 2.19. The van der Waals surface area contributed by atoms with E-state index in [4.69, 9.17) is 0 Å². The van der Waals surface area contributed by atoms with E-state index < -0.39 is 0 Å². The number of nitrogens with one attached hydrogen (secondary N) is 2. The number of halogens is 1. The monoisotopic (exact) mass is 433 g/mol. The van der Waals surface area contributed by atoms with Crippen molar-refractivity contribution in [2.75, 3.05) is 0 Å². The van der Waals surface area contributed by atoms with Gasteiger partial charge in [0.2, 0.25) is 0 Å². The second kappa shape index (κ2) is 7.70. The fourth-order valence-electron chi connectivity index (χ4n) is 3.07. The number of amides is 1. The number of hydrogen-bond donors (Lipinski definition) is 3. The van der Waals surface area contributed by atoms with Gasteiger partial charge in [-0.1, -0.05) is 58.4 Å². The summed E-state index contributed by atoms with van der Waals surface area (Å²) in [7, 11) is 0. The van der Waals surface area contributed by atoms with Crippen molar-refractivity contribution < 1.29 is 9.90 Å². The lowest BCUT2D eigenvalue weighted by atomic mass is 10.0. The van der Waals surface area contributed by atoms with Crippen LogP contribution in [0.1, 0.15) is 16.1 Å². The highest BCUT2D eigenvalue weighted by Crippen LogP contribution is 2.34. The van der Waals surface area contributed by atoms with Crippen LogP contribution in [0.4, 0.5) is 0 Å². The molecule has 3 N–H and O–H groups in total. The van der Waals surface area contributed by atoms with Gasteiger partial charge in [-0.3, -0.25) is 4.79 Å². The maximum absolute atomic E-state index is 12.8. The van der Waals surface area contributed by atoms with Crippen LogP contribution in [0.5, 0.6) is 5.75 Å². The summed E-state index contributed by atoms with van der Waals surface area (Å²) in [5.74, 6) is -0.203. The number of nitrogens with zero attached hydrogens (tertiary/aromatic N) is 1. The number of hydrazone groups is 1. The van der Waals surface area contributed by atoms with Crippen LogP contribution in [0.15, 0.2) is 82.4 Å². The van der Waals surface area contributed by atoms with Crippen LogP contribution < -0.4 is 5.43 Å². The van der Waals surface area contributed by atoms with Crippen LogP contribution in [0.3, 0.4) is 0 Å². The van der Waals surface area contributed by atoms with Crippen LogP contribution >= 0.6 is 15.9 Å². The lowest BCUT2D eigenvalue weighted by molar-refractivity contribution is 0.0951. The van der Waals surface area contributed by atoms with E-state index in [9.17, 15) is 9.90 Å². The molecule has 0 radical (unpaired) electrons. The fourth-order valence-corrected chi connectivity index (χ4v) is 3.43. The Labute approximate surface area is 169 Å². The van der Waals surface area contributed by atoms with Crippen molar-refractivity contribution in [1.82, 2.24) is 10.4 Å². The molecule has 0 saturated heterocycles. The zero-order valence-electron chi connectivity index (χ0n) is 14.7. The molecule has 1 aromatic heterocycles. The van der Waals surface area contributed by atoms with Gasteiger partial charge < -0.3 is 10.1 Å². The lowest BCUT2D eigenvalue weighted by Gasteiger charge is -2.04. The number of carbonyl (C=O) groups is 1. The predicted molar refractivity (Wildman–Crippen MR) is 115 cm³/mol. The summed E-state index contributed by atoms with van der Waals surface area (Å²) in [4.78, 5) is 16.0. The molecule has 6 heteroatoms. The van der Waals surface area contributed by atoms with E-state index >= 15 is 0 Å². The molecule has 138 valence electrons. The second-order valence-corrected chi connectivity index (χ2v) is 7.14. The molecule has 4 aromatic rings. The molecule has 0 bridgehead atoms. The van der Waals surface area contributed by atoms with Gasteiger partial charge in [0.05, 0.1) is 6.21 Å². The van der Waals surface area contributed by atoms with Crippen LogP contribution in [0.2, 0.25) is 0 Å². The van der Waals surface area contributed by atoms with Crippen LogP contribution in [-0.2, 0) is 0 Å². The largest absolute Gasteiger partial charge is 0.508 e. The first-order chi connectivity index (χ1) is 13.6. The Balaban J connectivity index is 1.70. The summed E-state index contributed by atoms with van der Waals surface area (Å²) in [5.41, 5.74) is 6.31. The number of phenols is 1. The number of aromatic nitrogens is 1. The molecule has 0 unspecified atom stereocenters. The molecule has 0 fully saturated rings. The third-order valence-corrected chi connectivity index (χ3v) is 4.79. The van der Waals surface area contributed by atoms with Gasteiger partial charge >= 0.3 is 0 Å². The maximum atomic E-state index is 12.8. The van der Waals surface area contributed by atoms with E-state index in [0.717, 1.165) is 26.5 Å². The Morgan fingerprint density at radius 3 is 2.64 bits per heavy atom. The van der Waals surface area contributed by atoms with Crippen molar-refractivity contribution in [1.29, 1.82) is 0 Å². The molecule has 4 rings (SSSR count). The molecule has 0 aliphatic heterocycles. The molecule has 0 aliphatic carbocycles. The predicted octanol–water partition coefficient (Wildman–Crippen LogP) is 5.07. The minimum absolute atomic E-state index is 0.142. The summed E-state index contributed by atoms with van der Waals surface area (Å²) >= 11 is 3.50. The number of carbonyl (C=O) groups excluding carboxylic acids is 1. The first-order valence-electron chi connectivity index (χ1n) is 8.61. The first-order valence-corrected chi connectivity index (χ1v) is 9.40. The van der Waals surface area contributed by atoms with Gasteiger partial charge in [-0.15, -0.1) is 0 Å². The number of rotatable bonds is 4. The van der Waals surface area contributed by atoms with Gasteiger partial charge in [0.15, 0.2) is 0 Å². The van der Waals surface area contributed by atoms with Gasteiger partial charge in [-0.05, 0) is 41.5 Å². The third-order valence-electron chi connectivity index (χ3n) is 4.30. The van der Waals surface area contributed by atoms with Gasteiger partial charge in [-0.25, -0.2) is 5.43 Å². The average molecular weight is 434 g/mol. The first kappa shape index (κ1) is 18.0. The van der Waals surface area contributed by atoms with Crippen molar-refractivity contribution in [3.63, 3.8) is 0 Å². The normalized spacial score (nSPS) is 11.2. The molecule has 0 spiro atoms. The van der Waals surface area contributed by atoms with Crippen molar-refractivity contribution in [3.05, 3.63) is 88.5 Å². The zero-order chi connectivity index (χ0) is 19.5. The smallest absolute Gasteiger partial charge is 0.288 e. The Bertz CT molecular complexity index is 1180. The SMILES string of the molecule is O=C(N/N=C/c1cccc(O)c1)c1[nH]c2ccc(Br)cc2c1-c1ccccc1. The number of phenolic OH excluding ortho intramolecular Hbond substituents is 1. The van der Waals surface area contributed by atoms with Gasteiger partial charge in [0.1, 0.15) is 11.4 Å². The topological polar surface area (TPSA) is 77.5 Å². The molecular formula is C22H16BrN3O2. The quantitative estimate of drug-likeness (QED) is 0.310. The maximum Gasteiger partial charge on any atom is 0.288 e. The summed E-state index contributed by atoms with van der Waals surface area (Å²) in [5, 5.41) is 14.5. The number of aromatic amines is 1. The summed E-state index contributed by atoms with van der Waals surface area (Å²) < 4.78 is 0.935. The average Bonchev–Trinajstić information content (AvgIpc) is 3.07. The van der Waals surface area contributed by atoms with Crippen molar-refractivity contribution >= 4 is 39.0 Å². The minimum Gasteiger partial charge on any atom is -0.508 e. The number of H-pyrrole nitrogens is 1. The highest BCUT2D eigenvalue weighted by molar-refractivity contribution is 9.10. The molecular weight excluding hydrogens is 418 g/mol. The molecule has 1 amide bonds. The van der Waals surface area contributed by atoms with E-state index in [0.29, 0.717) is 11.3 Å². The summed E-state index contributed by atoms with van der Waals surface area (Å²) in [6.07, 6.45) is 1.49.